The Morgan fingerprint density at radius 3 is 2.94 bits per heavy atom. The Morgan fingerprint density at radius 2 is 2.31 bits per heavy atom. The molecule has 0 amide bonds. The third-order valence-electron chi connectivity index (χ3n) is 1.85. The van der Waals surface area contributed by atoms with Crippen LogP contribution < -0.4 is 15.8 Å². The maximum Gasteiger partial charge on any atom is 0.242 e. The number of nitrogen functional groups attached to an aromatic ring is 1. The van der Waals surface area contributed by atoms with Crippen LogP contribution in [0.2, 0.25) is 0 Å². The van der Waals surface area contributed by atoms with E-state index in [0.29, 0.717) is 30.5 Å². The normalized spacial score (nSPS) is 9.88. The first-order chi connectivity index (χ1) is 7.65. The molecular weight excluding hydrogens is 204 g/mol. The minimum Gasteiger partial charge on any atom is -0.476 e. The monoisotopic (exact) mass is 222 g/mol. The number of nitrogens with two attached hydrogens (primary N) is 1. The molecule has 0 aromatic carbocycles. The quantitative estimate of drug-likeness (QED) is 0.718. The van der Waals surface area contributed by atoms with Crippen molar-refractivity contribution in [3.05, 3.63) is 18.5 Å². The summed E-state index contributed by atoms with van der Waals surface area (Å²) in [5, 5.41) is 3.07. The molecule has 0 unspecified atom stereocenters. The highest BCUT2D eigenvalue weighted by Crippen LogP contribution is 2.24. The van der Waals surface area contributed by atoms with E-state index in [1.807, 2.05) is 13.8 Å². The molecule has 0 aliphatic heterocycles. The molecule has 0 spiro atoms. The van der Waals surface area contributed by atoms with Gasteiger partial charge in [0.25, 0.3) is 0 Å². The molecule has 0 aliphatic rings. The van der Waals surface area contributed by atoms with Gasteiger partial charge >= 0.3 is 0 Å². The molecule has 3 N–H and O–H groups in total. The second-order valence-electron chi connectivity index (χ2n) is 3.60. The molecule has 0 atom stereocenters. The summed E-state index contributed by atoms with van der Waals surface area (Å²) in [5.41, 5.74) is 7.32. The van der Waals surface area contributed by atoms with Crippen molar-refractivity contribution in [3.63, 3.8) is 0 Å². The van der Waals surface area contributed by atoms with Crippen molar-refractivity contribution in [2.75, 3.05) is 24.2 Å². The zero-order valence-electron chi connectivity index (χ0n) is 9.79. The first-order valence-corrected chi connectivity index (χ1v) is 5.26. The van der Waals surface area contributed by atoms with Gasteiger partial charge in [0.15, 0.2) is 5.82 Å². The Balaban J connectivity index is 2.73. The van der Waals surface area contributed by atoms with Crippen LogP contribution in [0.15, 0.2) is 18.5 Å². The van der Waals surface area contributed by atoms with E-state index in [1.165, 1.54) is 6.33 Å². The van der Waals surface area contributed by atoms with Crippen molar-refractivity contribution < 1.29 is 4.74 Å². The fraction of sp³-hybridized carbons (Fsp3) is 0.455. The summed E-state index contributed by atoms with van der Waals surface area (Å²) < 4.78 is 5.39. The predicted molar refractivity (Wildman–Crippen MR) is 65.5 cm³/mol. The van der Waals surface area contributed by atoms with Gasteiger partial charge in [-0.15, -0.1) is 0 Å². The van der Waals surface area contributed by atoms with Gasteiger partial charge in [0.05, 0.1) is 6.61 Å². The third-order valence-corrected chi connectivity index (χ3v) is 1.85. The molecule has 0 aliphatic carbocycles. The number of nitrogens with one attached hydrogen (secondary N) is 1. The Hall–Kier alpha value is -1.78. The molecule has 5 nitrogen and oxygen atoms in total. The SMILES string of the molecule is C=C(C)CNc1ncnc(OCCC)c1N. The van der Waals surface area contributed by atoms with Gasteiger partial charge in [-0.05, 0) is 13.3 Å². The second-order valence-corrected chi connectivity index (χ2v) is 3.60. The first-order valence-electron chi connectivity index (χ1n) is 5.26. The van der Waals surface area contributed by atoms with Crippen molar-refractivity contribution in [1.29, 1.82) is 0 Å². The topological polar surface area (TPSA) is 73.1 Å². The van der Waals surface area contributed by atoms with Crippen LogP contribution in [0.4, 0.5) is 11.5 Å². The standard InChI is InChI=1S/C11H18N4O/c1-4-5-16-11-9(12)10(14-7-15-11)13-6-8(2)3/h7H,2,4-6,12H2,1,3H3,(H,13,14,15). The average Bonchev–Trinajstić information content (AvgIpc) is 2.26. The van der Waals surface area contributed by atoms with Gasteiger partial charge in [-0.2, -0.15) is 4.98 Å². The molecule has 5 heteroatoms. The fourth-order valence-electron chi connectivity index (χ4n) is 1.07. The van der Waals surface area contributed by atoms with E-state index in [-0.39, 0.29) is 0 Å². The molecule has 0 saturated heterocycles. The van der Waals surface area contributed by atoms with Crippen molar-refractivity contribution in [1.82, 2.24) is 9.97 Å². The minimum atomic E-state index is 0.432. The molecular formula is C11H18N4O. The lowest BCUT2D eigenvalue weighted by Gasteiger charge is -2.11. The van der Waals surface area contributed by atoms with E-state index in [9.17, 15) is 0 Å². The van der Waals surface area contributed by atoms with E-state index in [4.69, 9.17) is 10.5 Å². The lowest BCUT2D eigenvalue weighted by molar-refractivity contribution is 0.307. The maximum atomic E-state index is 5.87. The highest BCUT2D eigenvalue weighted by Gasteiger charge is 2.08. The molecule has 1 aromatic rings. The van der Waals surface area contributed by atoms with Crippen LogP contribution in [0.1, 0.15) is 20.3 Å². The Labute approximate surface area is 95.7 Å². The molecule has 88 valence electrons. The number of nitrogens with zero attached hydrogens (tertiary/aromatic N) is 2. The Kier molecular flexibility index (Phi) is 4.57. The summed E-state index contributed by atoms with van der Waals surface area (Å²) in [6.07, 6.45) is 2.35. The van der Waals surface area contributed by atoms with Gasteiger partial charge in [0, 0.05) is 6.54 Å². The Bertz CT molecular complexity index is 365. The van der Waals surface area contributed by atoms with Gasteiger partial charge in [0.1, 0.15) is 12.0 Å². The lowest BCUT2D eigenvalue weighted by atomic mass is 10.3. The lowest BCUT2D eigenvalue weighted by Crippen LogP contribution is -2.09. The molecule has 1 aromatic heterocycles. The average molecular weight is 222 g/mol. The number of ether oxygens (including phenoxy) is 1. The maximum absolute atomic E-state index is 5.87. The van der Waals surface area contributed by atoms with E-state index in [2.05, 4.69) is 21.9 Å². The molecule has 16 heavy (non-hydrogen) atoms. The van der Waals surface area contributed by atoms with Gasteiger partial charge in [0.2, 0.25) is 5.88 Å². The van der Waals surface area contributed by atoms with Gasteiger partial charge in [-0.1, -0.05) is 19.1 Å². The van der Waals surface area contributed by atoms with Crippen LogP contribution in [0, 0.1) is 0 Å². The summed E-state index contributed by atoms with van der Waals surface area (Å²) in [4.78, 5) is 8.03. The highest BCUT2D eigenvalue weighted by molar-refractivity contribution is 5.66. The van der Waals surface area contributed by atoms with E-state index in [1.54, 1.807) is 0 Å². The zero-order valence-corrected chi connectivity index (χ0v) is 9.79. The molecule has 0 bridgehead atoms. The molecule has 0 fully saturated rings. The van der Waals surface area contributed by atoms with Gasteiger partial charge < -0.3 is 15.8 Å². The molecule has 1 heterocycles. The minimum absolute atomic E-state index is 0.432. The number of hydrogen-bond acceptors (Lipinski definition) is 5. The summed E-state index contributed by atoms with van der Waals surface area (Å²) in [6.45, 7) is 8.98. The van der Waals surface area contributed by atoms with Gasteiger partial charge in [-0.25, -0.2) is 4.98 Å². The van der Waals surface area contributed by atoms with Crippen LogP contribution in [0.25, 0.3) is 0 Å². The summed E-state index contributed by atoms with van der Waals surface area (Å²) in [7, 11) is 0. The number of hydrogen-bond donors (Lipinski definition) is 2. The number of anilines is 2. The third kappa shape index (κ3) is 3.42. The fourth-order valence-corrected chi connectivity index (χ4v) is 1.07. The van der Waals surface area contributed by atoms with Crippen LogP contribution in [-0.2, 0) is 0 Å². The summed E-state index contributed by atoms with van der Waals surface area (Å²) in [6, 6.07) is 0. The van der Waals surface area contributed by atoms with Crippen molar-refractivity contribution in [2.45, 2.75) is 20.3 Å². The number of rotatable bonds is 6. The van der Waals surface area contributed by atoms with Crippen molar-refractivity contribution >= 4 is 11.5 Å². The molecule has 0 saturated carbocycles. The largest absolute Gasteiger partial charge is 0.476 e. The van der Waals surface area contributed by atoms with Gasteiger partial charge in [-0.3, -0.25) is 0 Å². The zero-order chi connectivity index (χ0) is 12.0. The van der Waals surface area contributed by atoms with Crippen LogP contribution >= 0.6 is 0 Å². The van der Waals surface area contributed by atoms with E-state index in [0.717, 1.165) is 12.0 Å². The molecule has 0 radical (unpaired) electrons. The summed E-state index contributed by atoms with van der Waals surface area (Å²) >= 11 is 0. The van der Waals surface area contributed by atoms with Crippen molar-refractivity contribution in [2.24, 2.45) is 0 Å². The molecule has 1 rings (SSSR count). The van der Waals surface area contributed by atoms with Crippen LogP contribution in [0.3, 0.4) is 0 Å². The highest BCUT2D eigenvalue weighted by atomic mass is 16.5. The summed E-state index contributed by atoms with van der Waals surface area (Å²) in [5.74, 6) is 1.02. The van der Waals surface area contributed by atoms with Crippen LogP contribution in [0.5, 0.6) is 5.88 Å². The number of aromatic nitrogens is 2. The smallest absolute Gasteiger partial charge is 0.242 e. The second kappa shape index (κ2) is 5.95. The van der Waals surface area contributed by atoms with E-state index < -0.39 is 0 Å². The van der Waals surface area contributed by atoms with E-state index >= 15 is 0 Å². The van der Waals surface area contributed by atoms with Crippen molar-refractivity contribution in [3.8, 4) is 5.88 Å². The predicted octanol–water partition coefficient (Wildman–Crippen LogP) is 1.84. The van der Waals surface area contributed by atoms with Crippen LogP contribution in [-0.4, -0.2) is 23.1 Å². The Morgan fingerprint density at radius 1 is 1.56 bits per heavy atom. The first kappa shape index (κ1) is 12.3.